The van der Waals surface area contributed by atoms with Gasteiger partial charge < -0.3 is 15.2 Å². The van der Waals surface area contributed by atoms with Gasteiger partial charge in [-0.25, -0.2) is 8.42 Å². The average molecular weight is 289 g/mol. The Morgan fingerprint density at radius 1 is 1.21 bits per heavy atom. The van der Waals surface area contributed by atoms with E-state index in [0.717, 1.165) is 38.9 Å². The maximum absolute atomic E-state index is 11.6. The molecule has 4 unspecified atom stereocenters. The van der Waals surface area contributed by atoms with Crippen molar-refractivity contribution in [2.75, 3.05) is 31.3 Å². The minimum Gasteiger partial charge on any atom is -0.378 e. The first-order valence-corrected chi connectivity index (χ1v) is 9.00. The quantitative estimate of drug-likeness (QED) is 0.793. The van der Waals surface area contributed by atoms with Gasteiger partial charge in [0.2, 0.25) is 0 Å². The zero-order valence-corrected chi connectivity index (χ0v) is 12.0. The highest BCUT2D eigenvalue weighted by molar-refractivity contribution is 7.91. The second-order valence-corrected chi connectivity index (χ2v) is 8.56. The Kier molecular flexibility index (Phi) is 3.62. The van der Waals surface area contributed by atoms with E-state index in [4.69, 9.17) is 15.2 Å². The van der Waals surface area contributed by atoms with E-state index in [1.165, 1.54) is 0 Å². The van der Waals surface area contributed by atoms with Gasteiger partial charge in [0.1, 0.15) is 0 Å². The van der Waals surface area contributed by atoms with Gasteiger partial charge in [-0.15, -0.1) is 0 Å². The molecule has 0 saturated carbocycles. The van der Waals surface area contributed by atoms with Crippen molar-refractivity contribution in [3.05, 3.63) is 0 Å². The molecule has 0 radical (unpaired) electrons. The molecule has 1 spiro atoms. The maximum atomic E-state index is 11.6. The van der Waals surface area contributed by atoms with Crippen LogP contribution in [-0.2, 0) is 19.3 Å². The molecule has 2 N–H and O–H groups in total. The predicted molar refractivity (Wildman–Crippen MR) is 71.6 cm³/mol. The molecule has 0 aliphatic carbocycles. The Hall–Kier alpha value is -0.170. The number of ether oxygens (including phenoxy) is 2. The van der Waals surface area contributed by atoms with E-state index in [1.807, 2.05) is 0 Å². The summed E-state index contributed by atoms with van der Waals surface area (Å²) in [5, 5.41) is 0. The van der Waals surface area contributed by atoms with Gasteiger partial charge in [0.25, 0.3) is 0 Å². The van der Waals surface area contributed by atoms with Crippen molar-refractivity contribution in [3.63, 3.8) is 0 Å². The lowest BCUT2D eigenvalue weighted by Crippen LogP contribution is -2.48. The minimum atomic E-state index is -2.84. The van der Waals surface area contributed by atoms with Gasteiger partial charge in [0.05, 0.1) is 23.7 Å². The number of rotatable bonds is 2. The molecule has 4 atom stereocenters. The van der Waals surface area contributed by atoms with E-state index in [1.54, 1.807) is 0 Å². The van der Waals surface area contributed by atoms with E-state index in [0.29, 0.717) is 18.3 Å². The van der Waals surface area contributed by atoms with Gasteiger partial charge in [0.15, 0.2) is 9.84 Å². The van der Waals surface area contributed by atoms with E-state index < -0.39 is 9.84 Å². The first kappa shape index (κ1) is 13.8. The van der Waals surface area contributed by atoms with E-state index in [9.17, 15) is 8.42 Å². The molecule has 110 valence electrons. The second kappa shape index (κ2) is 4.98. The van der Waals surface area contributed by atoms with Crippen LogP contribution in [0.2, 0.25) is 0 Å². The SMILES string of the molecule is NC(C1CCOC2(CCOC2)C1)C1CCS(=O)(=O)C1. The molecule has 3 rings (SSSR count). The van der Waals surface area contributed by atoms with Gasteiger partial charge in [-0.05, 0) is 31.1 Å². The molecule has 5 nitrogen and oxygen atoms in total. The van der Waals surface area contributed by atoms with Crippen LogP contribution in [0.3, 0.4) is 0 Å². The summed E-state index contributed by atoms with van der Waals surface area (Å²) in [5.74, 6) is 1.08. The van der Waals surface area contributed by atoms with Crippen molar-refractivity contribution in [1.29, 1.82) is 0 Å². The van der Waals surface area contributed by atoms with Gasteiger partial charge in [-0.1, -0.05) is 0 Å². The Morgan fingerprint density at radius 2 is 2.05 bits per heavy atom. The standard InChI is InChI=1S/C13H23NO4S/c14-12(11-2-6-19(15,16)8-11)10-1-4-18-13(7-10)3-5-17-9-13/h10-12H,1-9,14H2. The monoisotopic (exact) mass is 289 g/mol. The van der Waals surface area contributed by atoms with Crippen molar-refractivity contribution in [2.45, 2.75) is 37.3 Å². The molecule has 0 aromatic rings. The lowest BCUT2D eigenvalue weighted by molar-refractivity contribution is -0.103. The summed E-state index contributed by atoms with van der Waals surface area (Å²) in [6.07, 6.45) is 3.54. The van der Waals surface area contributed by atoms with E-state index >= 15 is 0 Å². The van der Waals surface area contributed by atoms with E-state index in [-0.39, 0.29) is 23.3 Å². The highest BCUT2D eigenvalue weighted by Gasteiger charge is 2.44. The van der Waals surface area contributed by atoms with Crippen LogP contribution in [0.25, 0.3) is 0 Å². The van der Waals surface area contributed by atoms with Gasteiger partial charge >= 0.3 is 0 Å². The molecular weight excluding hydrogens is 266 g/mol. The molecule has 3 saturated heterocycles. The van der Waals surface area contributed by atoms with Crippen molar-refractivity contribution in [2.24, 2.45) is 17.6 Å². The molecule has 6 heteroatoms. The molecule has 0 bridgehead atoms. The summed E-state index contributed by atoms with van der Waals surface area (Å²) in [5.41, 5.74) is 6.22. The Bertz CT molecular complexity index is 430. The molecule has 0 amide bonds. The third-order valence-corrected chi connectivity index (χ3v) is 6.75. The summed E-state index contributed by atoms with van der Waals surface area (Å²) in [7, 11) is -2.84. The smallest absolute Gasteiger partial charge is 0.150 e. The van der Waals surface area contributed by atoms with Crippen molar-refractivity contribution in [3.8, 4) is 0 Å². The van der Waals surface area contributed by atoms with Crippen molar-refractivity contribution >= 4 is 9.84 Å². The number of hydrogen-bond donors (Lipinski definition) is 1. The molecule has 3 fully saturated rings. The number of sulfone groups is 1. The fourth-order valence-electron chi connectivity index (χ4n) is 3.77. The molecule has 3 aliphatic heterocycles. The molecular formula is C13H23NO4S. The summed E-state index contributed by atoms with van der Waals surface area (Å²) < 4.78 is 34.5. The van der Waals surface area contributed by atoms with Crippen molar-refractivity contribution in [1.82, 2.24) is 0 Å². The molecule has 3 aliphatic rings. The highest BCUT2D eigenvalue weighted by atomic mass is 32.2. The van der Waals surface area contributed by atoms with Crippen LogP contribution in [0.4, 0.5) is 0 Å². The zero-order valence-electron chi connectivity index (χ0n) is 11.2. The Morgan fingerprint density at radius 3 is 2.68 bits per heavy atom. The second-order valence-electron chi connectivity index (χ2n) is 6.33. The highest BCUT2D eigenvalue weighted by Crippen LogP contribution is 2.39. The fourth-order valence-corrected chi connectivity index (χ4v) is 5.64. The fraction of sp³-hybridized carbons (Fsp3) is 1.00. The first-order valence-electron chi connectivity index (χ1n) is 7.17. The average Bonchev–Trinajstić information content (AvgIpc) is 2.96. The first-order chi connectivity index (χ1) is 9.00. The van der Waals surface area contributed by atoms with Crippen LogP contribution in [-0.4, -0.2) is 51.4 Å². The molecule has 0 aromatic heterocycles. The van der Waals surface area contributed by atoms with Crippen LogP contribution in [0.5, 0.6) is 0 Å². The number of hydrogen-bond acceptors (Lipinski definition) is 5. The lowest BCUT2D eigenvalue weighted by atomic mass is 9.77. The Labute approximate surface area is 114 Å². The summed E-state index contributed by atoms with van der Waals surface area (Å²) in [4.78, 5) is 0. The topological polar surface area (TPSA) is 78.6 Å². The van der Waals surface area contributed by atoms with Crippen LogP contribution in [0, 0.1) is 11.8 Å². The third kappa shape index (κ3) is 2.82. The number of nitrogens with two attached hydrogens (primary N) is 1. The normalized spacial score (nSPS) is 43.6. The van der Waals surface area contributed by atoms with Crippen LogP contribution < -0.4 is 5.73 Å². The summed E-state index contributed by atoms with van der Waals surface area (Å²) in [6.45, 7) is 2.15. The predicted octanol–water partition coefficient (Wildman–Crippen LogP) is 0.334. The van der Waals surface area contributed by atoms with Crippen LogP contribution in [0.1, 0.15) is 25.7 Å². The molecule has 19 heavy (non-hydrogen) atoms. The Balaban J connectivity index is 1.65. The molecule has 0 aromatic carbocycles. The lowest BCUT2D eigenvalue weighted by Gasteiger charge is -2.40. The van der Waals surface area contributed by atoms with Gasteiger partial charge in [0, 0.05) is 25.7 Å². The summed E-state index contributed by atoms with van der Waals surface area (Å²) in [6, 6.07) is -0.0151. The maximum Gasteiger partial charge on any atom is 0.150 e. The molecule has 3 heterocycles. The van der Waals surface area contributed by atoms with Crippen LogP contribution in [0.15, 0.2) is 0 Å². The van der Waals surface area contributed by atoms with E-state index in [2.05, 4.69) is 0 Å². The van der Waals surface area contributed by atoms with Gasteiger partial charge in [-0.2, -0.15) is 0 Å². The zero-order chi connectivity index (χ0) is 13.5. The third-order valence-electron chi connectivity index (χ3n) is 4.95. The van der Waals surface area contributed by atoms with Crippen molar-refractivity contribution < 1.29 is 17.9 Å². The minimum absolute atomic E-state index is 0.0151. The largest absolute Gasteiger partial charge is 0.378 e. The van der Waals surface area contributed by atoms with Crippen LogP contribution >= 0.6 is 0 Å². The van der Waals surface area contributed by atoms with Gasteiger partial charge in [-0.3, -0.25) is 0 Å². The summed E-state index contributed by atoms with van der Waals surface area (Å²) >= 11 is 0.